The third kappa shape index (κ3) is 2.48. The highest BCUT2D eigenvalue weighted by molar-refractivity contribution is 5.82. The van der Waals surface area contributed by atoms with E-state index >= 15 is 0 Å². The van der Waals surface area contributed by atoms with Gasteiger partial charge in [0.05, 0.1) is 5.41 Å². The monoisotopic (exact) mass is 170 g/mol. The molecule has 3 heteroatoms. The number of rotatable bonds is 4. The fourth-order valence-corrected chi connectivity index (χ4v) is 1.13. The molecule has 3 nitrogen and oxygen atoms in total. The van der Waals surface area contributed by atoms with Crippen LogP contribution >= 0.6 is 0 Å². The molecular formula is C9H18N2O. The van der Waals surface area contributed by atoms with E-state index in [0.717, 1.165) is 19.4 Å². The van der Waals surface area contributed by atoms with Crippen molar-refractivity contribution in [3.8, 4) is 0 Å². The number of carbonyl (C=O) groups excluding carboxylic acids is 1. The average molecular weight is 170 g/mol. The third-order valence-electron chi connectivity index (χ3n) is 2.15. The molecule has 1 amide bonds. The highest BCUT2D eigenvalue weighted by atomic mass is 16.2. The van der Waals surface area contributed by atoms with Gasteiger partial charge in [0.1, 0.15) is 0 Å². The molecule has 12 heavy (non-hydrogen) atoms. The second-order valence-corrected chi connectivity index (χ2v) is 4.16. The van der Waals surface area contributed by atoms with Gasteiger partial charge < -0.3 is 10.6 Å². The molecule has 0 bridgehead atoms. The van der Waals surface area contributed by atoms with Gasteiger partial charge in [-0.2, -0.15) is 0 Å². The lowest BCUT2D eigenvalue weighted by Crippen LogP contribution is -2.43. The van der Waals surface area contributed by atoms with E-state index in [2.05, 4.69) is 10.6 Å². The highest BCUT2D eigenvalue weighted by Gasteiger charge is 2.31. The van der Waals surface area contributed by atoms with Gasteiger partial charge in [-0.3, -0.25) is 4.79 Å². The molecule has 0 aromatic carbocycles. The van der Waals surface area contributed by atoms with Gasteiger partial charge in [0.2, 0.25) is 5.91 Å². The number of hydrogen-bond acceptors (Lipinski definition) is 2. The van der Waals surface area contributed by atoms with Crippen LogP contribution in [0.1, 0.15) is 26.7 Å². The molecular weight excluding hydrogens is 152 g/mol. The summed E-state index contributed by atoms with van der Waals surface area (Å²) in [5.41, 5.74) is -0.280. The largest absolute Gasteiger partial charge is 0.353 e. The standard InChI is InChI=1S/C9H18N2O/c1-9(2,6-10-3)8(12)11-7-4-5-7/h7,10H,4-6H2,1-3H3,(H,11,12). The van der Waals surface area contributed by atoms with Crippen molar-refractivity contribution in [1.82, 2.24) is 10.6 Å². The normalized spacial score (nSPS) is 17.6. The molecule has 0 aromatic rings. The zero-order valence-electron chi connectivity index (χ0n) is 8.11. The van der Waals surface area contributed by atoms with Gasteiger partial charge in [-0.1, -0.05) is 0 Å². The van der Waals surface area contributed by atoms with Crippen LogP contribution in [0.25, 0.3) is 0 Å². The van der Waals surface area contributed by atoms with Crippen molar-refractivity contribution in [1.29, 1.82) is 0 Å². The summed E-state index contributed by atoms with van der Waals surface area (Å²) >= 11 is 0. The lowest BCUT2D eigenvalue weighted by molar-refractivity contribution is -0.129. The minimum Gasteiger partial charge on any atom is -0.353 e. The fourth-order valence-electron chi connectivity index (χ4n) is 1.13. The highest BCUT2D eigenvalue weighted by Crippen LogP contribution is 2.22. The van der Waals surface area contributed by atoms with Crippen LogP contribution in [0.15, 0.2) is 0 Å². The smallest absolute Gasteiger partial charge is 0.227 e. The second kappa shape index (κ2) is 3.44. The van der Waals surface area contributed by atoms with E-state index in [9.17, 15) is 4.79 Å². The quantitative estimate of drug-likeness (QED) is 0.645. The summed E-state index contributed by atoms with van der Waals surface area (Å²) < 4.78 is 0. The Balaban J connectivity index is 2.36. The first-order chi connectivity index (χ1) is 5.56. The summed E-state index contributed by atoms with van der Waals surface area (Å²) in [6.45, 7) is 4.65. The maximum absolute atomic E-state index is 11.6. The van der Waals surface area contributed by atoms with E-state index in [-0.39, 0.29) is 11.3 Å². The fraction of sp³-hybridized carbons (Fsp3) is 0.889. The van der Waals surface area contributed by atoms with Gasteiger partial charge in [0.25, 0.3) is 0 Å². The Bertz CT molecular complexity index is 173. The van der Waals surface area contributed by atoms with Crippen LogP contribution in [0.3, 0.4) is 0 Å². The molecule has 1 rings (SSSR count). The Kier molecular flexibility index (Phi) is 2.73. The first kappa shape index (κ1) is 9.52. The van der Waals surface area contributed by atoms with Crippen LogP contribution in [-0.2, 0) is 4.79 Å². The number of nitrogens with one attached hydrogen (secondary N) is 2. The lowest BCUT2D eigenvalue weighted by Gasteiger charge is -2.22. The van der Waals surface area contributed by atoms with Crippen LogP contribution in [0, 0.1) is 5.41 Å². The molecule has 0 aromatic heterocycles. The lowest BCUT2D eigenvalue weighted by atomic mass is 9.92. The third-order valence-corrected chi connectivity index (χ3v) is 2.15. The van der Waals surface area contributed by atoms with Crippen LogP contribution in [0.2, 0.25) is 0 Å². The minimum atomic E-state index is -0.280. The molecule has 2 N–H and O–H groups in total. The maximum atomic E-state index is 11.6. The molecule has 1 fully saturated rings. The molecule has 70 valence electrons. The minimum absolute atomic E-state index is 0.166. The molecule has 0 spiro atoms. The molecule has 0 atom stereocenters. The Morgan fingerprint density at radius 1 is 1.50 bits per heavy atom. The zero-order valence-corrected chi connectivity index (χ0v) is 8.11. The van der Waals surface area contributed by atoms with E-state index < -0.39 is 0 Å². The maximum Gasteiger partial charge on any atom is 0.227 e. The van der Waals surface area contributed by atoms with Gasteiger partial charge in [-0.15, -0.1) is 0 Å². The van der Waals surface area contributed by atoms with Crippen LogP contribution in [0.4, 0.5) is 0 Å². The van der Waals surface area contributed by atoms with Crippen molar-refractivity contribution in [2.45, 2.75) is 32.7 Å². The van der Waals surface area contributed by atoms with E-state index in [1.54, 1.807) is 0 Å². The average Bonchev–Trinajstić information content (AvgIpc) is 2.71. The Labute approximate surface area is 73.9 Å². The van der Waals surface area contributed by atoms with Gasteiger partial charge in [0, 0.05) is 12.6 Å². The first-order valence-corrected chi connectivity index (χ1v) is 4.52. The van der Waals surface area contributed by atoms with Gasteiger partial charge in [-0.05, 0) is 33.7 Å². The van der Waals surface area contributed by atoms with Gasteiger partial charge >= 0.3 is 0 Å². The first-order valence-electron chi connectivity index (χ1n) is 4.52. The topological polar surface area (TPSA) is 41.1 Å². The predicted molar refractivity (Wildman–Crippen MR) is 48.9 cm³/mol. The number of carbonyl (C=O) groups is 1. The number of amides is 1. The van der Waals surface area contributed by atoms with Crippen LogP contribution < -0.4 is 10.6 Å². The SMILES string of the molecule is CNCC(C)(C)C(=O)NC1CC1. The van der Waals surface area contributed by atoms with Crippen molar-refractivity contribution in [2.75, 3.05) is 13.6 Å². The van der Waals surface area contributed by atoms with E-state index in [1.165, 1.54) is 0 Å². The molecule has 0 radical (unpaired) electrons. The van der Waals surface area contributed by atoms with Crippen molar-refractivity contribution >= 4 is 5.91 Å². The summed E-state index contributed by atoms with van der Waals surface area (Å²) in [4.78, 5) is 11.6. The summed E-state index contributed by atoms with van der Waals surface area (Å²) in [5, 5.41) is 6.02. The van der Waals surface area contributed by atoms with Gasteiger partial charge in [-0.25, -0.2) is 0 Å². The molecule has 0 heterocycles. The summed E-state index contributed by atoms with van der Waals surface area (Å²) in [6.07, 6.45) is 2.31. The van der Waals surface area contributed by atoms with Crippen molar-refractivity contribution in [3.05, 3.63) is 0 Å². The van der Waals surface area contributed by atoms with Crippen molar-refractivity contribution in [2.24, 2.45) is 5.41 Å². The molecule has 1 saturated carbocycles. The molecule has 0 saturated heterocycles. The summed E-state index contributed by atoms with van der Waals surface area (Å²) in [6, 6.07) is 0.466. The Morgan fingerprint density at radius 3 is 2.50 bits per heavy atom. The van der Waals surface area contributed by atoms with E-state index in [0.29, 0.717) is 6.04 Å². The number of hydrogen-bond donors (Lipinski definition) is 2. The predicted octanol–water partition coefficient (Wildman–Crippen LogP) is 0.511. The van der Waals surface area contributed by atoms with E-state index in [1.807, 2.05) is 20.9 Å². The summed E-state index contributed by atoms with van der Waals surface area (Å²) in [5.74, 6) is 0.166. The van der Waals surface area contributed by atoms with E-state index in [4.69, 9.17) is 0 Å². The second-order valence-electron chi connectivity index (χ2n) is 4.16. The Morgan fingerprint density at radius 2 is 2.08 bits per heavy atom. The van der Waals surface area contributed by atoms with Crippen LogP contribution in [0.5, 0.6) is 0 Å². The molecule has 0 unspecified atom stereocenters. The van der Waals surface area contributed by atoms with Crippen molar-refractivity contribution < 1.29 is 4.79 Å². The molecule has 0 aliphatic heterocycles. The summed E-state index contributed by atoms with van der Waals surface area (Å²) in [7, 11) is 1.87. The van der Waals surface area contributed by atoms with Gasteiger partial charge in [0.15, 0.2) is 0 Å². The zero-order chi connectivity index (χ0) is 9.19. The molecule has 1 aliphatic rings. The molecule has 1 aliphatic carbocycles. The van der Waals surface area contributed by atoms with Crippen molar-refractivity contribution in [3.63, 3.8) is 0 Å². The Hall–Kier alpha value is -0.570. The van der Waals surface area contributed by atoms with Crippen LogP contribution in [-0.4, -0.2) is 25.5 Å².